The number of nitrogens with zero attached hydrogens (tertiary/aromatic N) is 1. The van der Waals surface area contributed by atoms with Crippen LogP contribution in [0.1, 0.15) is 17.3 Å². The van der Waals surface area contributed by atoms with Gasteiger partial charge in [-0.3, -0.25) is 9.59 Å². The Labute approximate surface area is 99.8 Å². The second-order valence-electron chi connectivity index (χ2n) is 3.29. The second kappa shape index (κ2) is 6.47. The Kier molecular flexibility index (Phi) is 4.93. The molecule has 1 heterocycles. The van der Waals surface area contributed by atoms with Gasteiger partial charge in [-0.05, 0) is 19.1 Å². The minimum atomic E-state index is -0.322. The van der Waals surface area contributed by atoms with Crippen molar-refractivity contribution in [1.82, 2.24) is 15.6 Å². The standard InChI is InChI=1S/C11H16N4O2/c1-3-13-10-8(5-4-6-14-10)11(17)15-7-9(16)12-2/h4-6H,3,7H2,1-2H3,(H,12,16)(H,13,14)(H,15,17). The zero-order valence-electron chi connectivity index (χ0n) is 9.91. The molecule has 0 saturated heterocycles. The van der Waals surface area contributed by atoms with Gasteiger partial charge in [0.15, 0.2) is 0 Å². The van der Waals surface area contributed by atoms with Gasteiger partial charge in [-0.2, -0.15) is 0 Å². The lowest BCUT2D eigenvalue weighted by Crippen LogP contribution is -2.35. The molecule has 6 nitrogen and oxygen atoms in total. The summed E-state index contributed by atoms with van der Waals surface area (Å²) in [6.07, 6.45) is 1.60. The van der Waals surface area contributed by atoms with Crippen molar-refractivity contribution in [1.29, 1.82) is 0 Å². The quantitative estimate of drug-likeness (QED) is 0.671. The Hall–Kier alpha value is -2.11. The van der Waals surface area contributed by atoms with E-state index in [1.165, 1.54) is 7.05 Å². The van der Waals surface area contributed by atoms with Crippen molar-refractivity contribution < 1.29 is 9.59 Å². The molecule has 0 spiro atoms. The van der Waals surface area contributed by atoms with E-state index in [1.54, 1.807) is 18.3 Å². The molecule has 0 saturated carbocycles. The van der Waals surface area contributed by atoms with Crippen molar-refractivity contribution >= 4 is 17.6 Å². The number of rotatable bonds is 5. The molecule has 0 aliphatic rings. The summed E-state index contributed by atoms with van der Waals surface area (Å²) in [5.74, 6) is -0.0469. The first-order chi connectivity index (χ1) is 8.19. The highest BCUT2D eigenvalue weighted by Gasteiger charge is 2.12. The van der Waals surface area contributed by atoms with E-state index in [0.29, 0.717) is 17.9 Å². The third-order valence-electron chi connectivity index (χ3n) is 2.08. The van der Waals surface area contributed by atoms with Crippen LogP contribution in [-0.2, 0) is 4.79 Å². The van der Waals surface area contributed by atoms with Crippen LogP contribution < -0.4 is 16.0 Å². The molecule has 0 bridgehead atoms. The van der Waals surface area contributed by atoms with E-state index in [0.717, 1.165) is 0 Å². The predicted octanol–water partition coefficient (Wildman–Crippen LogP) is -0.0108. The first kappa shape index (κ1) is 13.0. The van der Waals surface area contributed by atoms with E-state index in [2.05, 4.69) is 20.9 Å². The van der Waals surface area contributed by atoms with Gasteiger partial charge in [0.25, 0.3) is 5.91 Å². The van der Waals surface area contributed by atoms with E-state index in [1.807, 2.05) is 6.92 Å². The zero-order valence-corrected chi connectivity index (χ0v) is 9.91. The molecule has 0 aliphatic heterocycles. The molecular weight excluding hydrogens is 220 g/mol. The van der Waals surface area contributed by atoms with Crippen LogP contribution in [0.3, 0.4) is 0 Å². The number of pyridine rings is 1. The molecule has 0 unspecified atom stereocenters. The minimum Gasteiger partial charge on any atom is -0.370 e. The Morgan fingerprint density at radius 2 is 2.18 bits per heavy atom. The fourth-order valence-corrected chi connectivity index (χ4v) is 1.24. The summed E-state index contributed by atoms with van der Waals surface area (Å²) in [5, 5.41) is 7.93. The van der Waals surface area contributed by atoms with Gasteiger partial charge in [-0.25, -0.2) is 4.98 Å². The highest BCUT2D eigenvalue weighted by molar-refractivity contribution is 6.00. The summed E-state index contributed by atoms with van der Waals surface area (Å²) in [6.45, 7) is 2.55. The monoisotopic (exact) mass is 236 g/mol. The van der Waals surface area contributed by atoms with Gasteiger partial charge < -0.3 is 16.0 Å². The smallest absolute Gasteiger partial charge is 0.255 e. The van der Waals surface area contributed by atoms with Gasteiger partial charge in [0.1, 0.15) is 5.82 Å². The number of carbonyl (C=O) groups excluding carboxylic acids is 2. The maximum absolute atomic E-state index is 11.8. The third-order valence-corrected chi connectivity index (χ3v) is 2.08. The van der Waals surface area contributed by atoms with E-state index >= 15 is 0 Å². The Morgan fingerprint density at radius 3 is 2.82 bits per heavy atom. The van der Waals surface area contributed by atoms with Crippen LogP contribution in [0.4, 0.5) is 5.82 Å². The molecule has 0 aromatic carbocycles. The molecule has 3 N–H and O–H groups in total. The second-order valence-corrected chi connectivity index (χ2v) is 3.29. The lowest BCUT2D eigenvalue weighted by molar-refractivity contribution is -0.119. The Balaban J connectivity index is 2.71. The predicted molar refractivity (Wildman–Crippen MR) is 64.8 cm³/mol. The largest absolute Gasteiger partial charge is 0.370 e. The van der Waals surface area contributed by atoms with Crippen LogP contribution in [-0.4, -0.2) is 36.9 Å². The van der Waals surface area contributed by atoms with Crippen LogP contribution in [0.5, 0.6) is 0 Å². The molecule has 1 aromatic heterocycles. The van der Waals surface area contributed by atoms with Gasteiger partial charge in [0.05, 0.1) is 12.1 Å². The SMILES string of the molecule is CCNc1ncccc1C(=O)NCC(=O)NC. The molecule has 2 amide bonds. The molecule has 17 heavy (non-hydrogen) atoms. The molecule has 92 valence electrons. The Morgan fingerprint density at radius 1 is 1.41 bits per heavy atom. The molecule has 0 radical (unpaired) electrons. The van der Waals surface area contributed by atoms with Gasteiger partial charge in [-0.1, -0.05) is 0 Å². The van der Waals surface area contributed by atoms with Gasteiger partial charge in [-0.15, -0.1) is 0 Å². The summed E-state index contributed by atoms with van der Waals surface area (Å²) in [5.41, 5.74) is 0.429. The van der Waals surface area contributed by atoms with Crippen LogP contribution in [0, 0.1) is 0 Å². The van der Waals surface area contributed by atoms with Crippen molar-refractivity contribution in [3.63, 3.8) is 0 Å². The minimum absolute atomic E-state index is 0.0458. The number of amides is 2. The molecule has 0 fully saturated rings. The number of carbonyl (C=O) groups is 2. The number of aromatic nitrogens is 1. The lowest BCUT2D eigenvalue weighted by atomic mass is 10.2. The molecule has 0 aliphatic carbocycles. The van der Waals surface area contributed by atoms with Crippen LogP contribution in [0.25, 0.3) is 0 Å². The van der Waals surface area contributed by atoms with Crippen LogP contribution in [0.15, 0.2) is 18.3 Å². The normalized spacial score (nSPS) is 9.53. The number of nitrogens with one attached hydrogen (secondary N) is 3. The van der Waals surface area contributed by atoms with Crippen molar-refractivity contribution in [2.75, 3.05) is 25.5 Å². The fourth-order valence-electron chi connectivity index (χ4n) is 1.24. The third kappa shape index (κ3) is 3.75. The average Bonchev–Trinajstić information content (AvgIpc) is 2.36. The lowest BCUT2D eigenvalue weighted by Gasteiger charge is -2.09. The van der Waals surface area contributed by atoms with Crippen LogP contribution in [0.2, 0.25) is 0 Å². The molecule has 0 atom stereocenters. The zero-order chi connectivity index (χ0) is 12.7. The fraction of sp³-hybridized carbons (Fsp3) is 0.364. The summed E-state index contributed by atoms with van der Waals surface area (Å²) < 4.78 is 0. The number of hydrogen-bond acceptors (Lipinski definition) is 4. The van der Waals surface area contributed by atoms with E-state index in [-0.39, 0.29) is 18.4 Å². The topological polar surface area (TPSA) is 83.1 Å². The highest BCUT2D eigenvalue weighted by atomic mass is 16.2. The van der Waals surface area contributed by atoms with Crippen molar-refractivity contribution in [3.8, 4) is 0 Å². The van der Waals surface area contributed by atoms with Crippen molar-refractivity contribution in [2.45, 2.75) is 6.92 Å². The molecular formula is C11H16N4O2. The van der Waals surface area contributed by atoms with Crippen LogP contribution >= 0.6 is 0 Å². The van der Waals surface area contributed by atoms with E-state index in [4.69, 9.17) is 0 Å². The van der Waals surface area contributed by atoms with Gasteiger partial charge >= 0.3 is 0 Å². The molecule has 1 rings (SSSR count). The average molecular weight is 236 g/mol. The van der Waals surface area contributed by atoms with E-state index in [9.17, 15) is 9.59 Å². The summed E-state index contributed by atoms with van der Waals surface area (Å²) >= 11 is 0. The summed E-state index contributed by atoms with van der Waals surface area (Å²) in [7, 11) is 1.52. The first-order valence-electron chi connectivity index (χ1n) is 5.36. The Bertz CT molecular complexity index is 406. The van der Waals surface area contributed by atoms with Gasteiger partial charge in [0.2, 0.25) is 5.91 Å². The van der Waals surface area contributed by atoms with Crippen molar-refractivity contribution in [3.05, 3.63) is 23.9 Å². The highest BCUT2D eigenvalue weighted by Crippen LogP contribution is 2.10. The molecule has 1 aromatic rings. The maximum Gasteiger partial charge on any atom is 0.255 e. The van der Waals surface area contributed by atoms with E-state index < -0.39 is 0 Å². The molecule has 6 heteroatoms. The van der Waals surface area contributed by atoms with Crippen molar-refractivity contribution in [2.24, 2.45) is 0 Å². The summed E-state index contributed by atoms with van der Waals surface area (Å²) in [6, 6.07) is 3.33. The first-order valence-corrected chi connectivity index (χ1v) is 5.36. The number of hydrogen-bond donors (Lipinski definition) is 3. The number of likely N-dealkylation sites (N-methyl/N-ethyl adjacent to an activating group) is 1. The van der Waals surface area contributed by atoms with Gasteiger partial charge in [0, 0.05) is 19.8 Å². The summed E-state index contributed by atoms with van der Waals surface area (Å²) in [4.78, 5) is 26.9. The number of anilines is 1. The maximum atomic E-state index is 11.8.